The summed E-state index contributed by atoms with van der Waals surface area (Å²) in [5, 5.41) is 6.79. The Kier molecular flexibility index (Phi) is 7.47. The molecular formula is C35H33F2N5O2. The van der Waals surface area contributed by atoms with Gasteiger partial charge in [0.25, 0.3) is 11.8 Å². The third-order valence-corrected chi connectivity index (χ3v) is 8.99. The minimum absolute atomic E-state index is 0.0967. The van der Waals surface area contributed by atoms with Crippen molar-refractivity contribution in [2.45, 2.75) is 31.2 Å². The minimum Gasteiger partial charge on any atom is -0.361 e. The number of likely N-dealkylation sites (tertiary alicyclic amines) is 1. The lowest BCUT2D eigenvalue weighted by Gasteiger charge is -2.46. The number of carbonyl (C=O) groups excluding carboxylic acids is 2. The first-order valence-electron chi connectivity index (χ1n) is 15.1. The van der Waals surface area contributed by atoms with E-state index < -0.39 is 12.3 Å². The van der Waals surface area contributed by atoms with E-state index in [-0.39, 0.29) is 29.5 Å². The molecule has 2 amide bonds. The Morgan fingerprint density at radius 1 is 0.614 bits per heavy atom. The highest BCUT2D eigenvalue weighted by Gasteiger charge is 2.40. The molecule has 0 spiro atoms. The summed E-state index contributed by atoms with van der Waals surface area (Å²) >= 11 is 0. The normalized spacial score (nSPS) is 20.5. The van der Waals surface area contributed by atoms with Crippen LogP contribution in [0.2, 0.25) is 0 Å². The van der Waals surface area contributed by atoms with Crippen molar-refractivity contribution in [1.82, 2.24) is 14.7 Å². The molecule has 2 atom stereocenters. The zero-order valence-electron chi connectivity index (χ0n) is 24.1. The Morgan fingerprint density at radius 3 is 1.73 bits per heavy atom. The predicted octanol–water partition coefficient (Wildman–Crippen LogP) is 6.26. The van der Waals surface area contributed by atoms with Gasteiger partial charge in [0.15, 0.2) is 0 Å². The quantitative estimate of drug-likeness (QED) is 0.276. The molecule has 2 N–H and O–H groups in total. The van der Waals surface area contributed by atoms with Gasteiger partial charge < -0.3 is 25.3 Å². The molecule has 4 aromatic rings. The number of nitrogens with one attached hydrogen (secondary N) is 2. The van der Waals surface area contributed by atoms with Crippen LogP contribution in [0.1, 0.15) is 57.0 Å². The molecule has 224 valence electrons. The zero-order valence-corrected chi connectivity index (χ0v) is 24.1. The van der Waals surface area contributed by atoms with Crippen molar-refractivity contribution in [2.24, 2.45) is 0 Å². The summed E-state index contributed by atoms with van der Waals surface area (Å²) in [6.45, 7) is 2.41. The maximum Gasteiger partial charge on any atom is 0.258 e. The SMILES string of the molecule is O=C1c2ccccc2N[C@@H](c2ccccc2F)N1CCN1CCC(N2C(=O)c3ccccc3N[C@@H]2c2ccccc2F)CC1. The van der Waals surface area contributed by atoms with E-state index in [1.807, 2.05) is 36.4 Å². The van der Waals surface area contributed by atoms with E-state index in [0.29, 0.717) is 72.6 Å². The van der Waals surface area contributed by atoms with Gasteiger partial charge in [-0.1, -0.05) is 60.7 Å². The Labute approximate surface area is 255 Å². The summed E-state index contributed by atoms with van der Waals surface area (Å²) in [6.07, 6.45) is 0.155. The predicted molar refractivity (Wildman–Crippen MR) is 165 cm³/mol. The Hall–Kier alpha value is -4.76. The maximum atomic E-state index is 15.0. The lowest BCUT2D eigenvalue weighted by Crippen LogP contribution is -2.53. The highest BCUT2D eigenvalue weighted by molar-refractivity contribution is 6.02. The van der Waals surface area contributed by atoms with Gasteiger partial charge in [0.1, 0.15) is 24.0 Å². The summed E-state index contributed by atoms with van der Waals surface area (Å²) in [5.74, 6) is -0.972. The van der Waals surface area contributed by atoms with Crippen molar-refractivity contribution in [3.63, 3.8) is 0 Å². The largest absolute Gasteiger partial charge is 0.361 e. The number of amides is 2. The molecular weight excluding hydrogens is 560 g/mol. The van der Waals surface area contributed by atoms with E-state index in [4.69, 9.17) is 0 Å². The first kappa shape index (κ1) is 28.0. The molecule has 0 aliphatic carbocycles. The zero-order chi connectivity index (χ0) is 30.2. The number of para-hydroxylation sites is 2. The van der Waals surface area contributed by atoms with E-state index in [1.165, 1.54) is 12.1 Å². The van der Waals surface area contributed by atoms with Crippen LogP contribution in [0.5, 0.6) is 0 Å². The van der Waals surface area contributed by atoms with Crippen LogP contribution in [0.15, 0.2) is 97.1 Å². The molecule has 4 aromatic carbocycles. The number of fused-ring (bicyclic) bond motifs is 2. The van der Waals surface area contributed by atoms with Crippen LogP contribution >= 0.6 is 0 Å². The van der Waals surface area contributed by atoms with Gasteiger partial charge in [0.05, 0.1) is 11.1 Å². The highest BCUT2D eigenvalue weighted by Crippen LogP contribution is 2.38. The summed E-state index contributed by atoms with van der Waals surface area (Å²) in [4.78, 5) is 33.3. The average Bonchev–Trinajstić information content (AvgIpc) is 3.05. The summed E-state index contributed by atoms with van der Waals surface area (Å²) in [5.41, 5.74) is 3.39. The van der Waals surface area contributed by atoms with Crippen molar-refractivity contribution in [3.05, 3.63) is 131 Å². The third kappa shape index (κ3) is 5.07. The van der Waals surface area contributed by atoms with Crippen molar-refractivity contribution in [1.29, 1.82) is 0 Å². The number of piperidine rings is 1. The van der Waals surface area contributed by atoms with Crippen LogP contribution in [0.3, 0.4) is 0 Å². The fraction of sp³-hybridized carbons (Fsp3) is 0.257. The first-order chi connectivity index (χ1) is 21.5. The van der Waals surface area contributed by atoms with Crippen LogP contribution in [0, 0.1) is 11.6 Å². The number of hydrogen-bond acceptors (Lipinski definition) is 5. The van der Waals surface area contributed by atoms with E-state index >= 15 is 4.39 Å². The molecule has 0 unspecified atom stereocenters. The Morgan fingerprint density at radius 2 is 1.11 bits per heavy atom. The second kappa shape index (κ2) is 11.7. The maximum absolute atomic E-state index is 15.0. The third-order valence-electron chi connectivity index (χ3n) is 8.99. The van der Waals surface area contributed by atoms with Gasteiger partial charge in [-0.15, -0.1) is 0 Å². The van der Waals surface area contributed by atoms with Crippen LogP contribution in [0.4, 0.5) is 20.2 Å². The van der Waals surface area contributed by atoms with Crippen molar-refractivity contribution < 1.29 is 18.4 Å². The number of carbonyl (C=O) groups is 2. The molecule has 7 rings (SSSR count). The monoisotopic (exact) mass is 593 g/mol. The average molecular weight is 594 g/mol. The molecule has 1 saturated heterocycles. The van der Waals surface area contributed by atoms with Crippen LogP contribution in [-0.2, 0) is 0 Å². The summed E-state index contributed by atoms with van der Waals surface area (Å²) < 4.78 is 29.9. The van der Waals surface area contributed by atoms with Gasteiger partial charge >= 0.3 is 0 Å². The fourth-order valence-corrected chi connectivity index (χ4v) is 6.71. The summed E-state index contributed by atoms with van der Waals surface area (Å²) in [7, 11) is 0. The molecule has 9 heteroatoms. The van der Waals surface area contributed by atoms with Gasteiger partial charge in [-0.25, -0.2) is 8.78 Å². The highest BCUT2D eigenvalue weighted by atomic mass is 19.1. The van der Waals surface area contributed by atoms with Gasteiger partial charge in [-0.2, -0.15) is 0 Å². The number of hydrogen-bond donors (Lipinski definition) is 2. The second-order valence-electron chi connectivity index (χ2n) is 11.5. The number of nitrogens with zero attached hydrogens (tertiary/aromatic N) is 3. The Bertz CT molecular complexity index is 1710. The van der Waals surface area contributed by atoms with E-state index in [1.54, 1.807) is 58.3 Å². The number of halogens is 2. The van der Waals surface area contributed by atoms with E-state index in [0.717, 1.165) is 0 Å². The molecule has 3 aliphatic rings. The molecule has 44 heavy (non-hydrogen) atoms. The first-order valence-corrected chi connectivity index (χ1v) is 15.1. The van der Waals surface area contributed by atoms with Gasteiger partial charge in [0.2, 0.25) is 0 Å². The number of rotatable bonds is 6. The molecule has 0 radical (unpaired) electrons. The lowest BCUT2D eigenvalue weighted by molar-refractivity contribution is 0.0418. The standard InChI is InChI=1S/C35H33F2N5O2/c36-28-13-5-1-9-24(28)32-38-30-15-7-3-11-26(30)34(43)41(32)22-21-40-19-17-23(18-20-40)42-33(25-10-2-6-14-29(25)37)39-31-16-8-4-12-27(31)35(42)44/h1-16,23,32-33,38-39H,17-22H2/t32-,33+/m1/s1. The van der Waals surface area contributed by atoms with E-state index in [9.17, 15) is 14.0 Å². The van der Waals surface area contributed by atoms with Gasteiger partial charge in [-0.3, -0.25) is 9.59 Å². The Balaban J connectivity index is 1.08. The minimum atomic E-state index is -0.630. The molecule has 3 aliphatic heterocycles. The second-order valence-corrected chi connectivity index (χ2v) is 11.5. The van der Waals surface area contributed by atoms with Gasteiger partial charge in [-0.05, 0) is 49.2 Å². The topological polar surface area (TPSA) is 67.9 Å². The van der Waals surface area contributed by atoms with E-state index in [2.05, 4.69) is 15.5 Å². The van der Waals surface area contributed by atoms with Crippen molar-refractivity contribution in [3.8, 4) is 0 Å². The van der Waals surface area contributed by atoms with Crippen LogP contribution in [0.25, 0.3) is 0 Å². The molecule has 7 nitrogen and oxygen atoms in total. The number of anilines is 2. The van der Waals surface area contributed by atoms with Crippen molar-refractivity contribution >= 4 is 23.2 Å². The molecule has 1 fully saturated rings. The molecule has 3 heterocycles. The van der Waals surface area contributed by atoms with Crippen molar-refractivity contribution in [2.75, 3.05) is 36.8 Å². The lowest BCUT2D eigenvalue weighted by atomic mass is 9.96. The van der Waals surface area contributed by atoms with Gasteiger partial charge in [0, 0.05) is 54.7 Å². The number of benzene rings is 4. The molecule has 0 aromatic heterocycles. The summed E-state index contributed by atoms with van der Waals surface area (Å²) in [6, 6.07) is 27.7. The van der Waals surface area contributed by atoms with Crippen LogP contribution < -0.4 is 10.6 Å². The van der Waals surface area contributed by atoms with Crippen LogP contribution in [-0.4, -0.2) is 58.7 Å². The fourth-order valence-electron chi connectivity index (χ4n) is 6.71. The smallest absolute Gasteiger partial charge is 0.258 e. The molecule has 0 bridgehead atoms. The molecule has 0 saturated carbocycles.